The summed E-state index contributed by atoms with van der Waals surface area (Å²) in [6.45, 7) is 0.439. The Morgan fingerprint density at radius 2 is 2.04 bits per heavy atom. The van der Waals surface area contributed by atoms with Gasteiger partial charge in [-0.1, -0.05) is 23.3 Å². The van der Waals surface area contributed by atoms with Crippen molar-refractivity contribution in [1.29, 1.82) is 0 Å². The van der Waals surface area contributed by atoms with Crippen LogP contribution in [0.2, 0.25) is 5.02 Å². The molecule has 1 aliphatic carbocycles. The van der Waals surface area contributed by atoms with Gasteiger partial charge in [0.2, 0.25) is 0 Å². The minimum atomic E-state index is -4.48. The van der Waals surface area contributed by atoms with E-state index < -0.39 is 17.8 Å². The van der Waals surface area contributed by atoms with Crippen molar-refractivity contribution in [2.45, 2.75) is 38.3 Å². The molecule has 0 spiro atoms. The topological polar surface area (TPSA) is 41.1 Å². The quantitative estimate of drug-likeness (QED) is 0.707. The molecule has 1 aliphatic rings. The van der Waals surface area contributed by atoms with Crippen LogP contribution in [-0.2, 0) is 6.18 Å². The molecule has 0 saturated heterocycles. The Balaban J connectivity index is 1.88. The summed E-state index contributed by atoms with van der Waals surface area (Å²) in [5, 5.41) is 5.05. The molecule has 1 aromatic rings. The Bertz CT molecular complexity index is 599. The van der Waals surface area contributed by atoms with Crippen molar-refractivity contribution in [3.8, 4) is 0 Å². The zero-order valence-electron chi connectivity index (χ0n) is 12.5. The third-order valence-electron chi connectivity index (χ3n) is 3.66. The normalized spacial score (nSPS) is 15.0. The molecule has 0 atom stereocenters. The van der Waals surface area contributed by atoms with Crippen LogP contribution in [0.3, 0.4) is 0 Å². The number of hydrogen-bond acceptors (Lipinski definition) is 1. The Labute approximate surface area is 137 Å². The molecule has 0 aromatic heterocycles. The van der Waals surface area contributed by atoms with E-state index >= 15 is 0 Å². The number of carbonyl (C=O) groups excluding carboxylic acids is 1. The van der Waals surface area contributed by atoms with Crippen molar-refractivity contribution < 1.29 is 18.0 Å². The van der Waals surface area contributed by atoms with Crippen molar-refractivity contribution >= 4 is 23.3 Å². The van der Waals surface area contributed by atoms with Gasteiger partial charge in [-0.25, -0.2) is 4.79 Å². The fourth-order valence-electron chi connectivity index (χ4n) is 2.43. The smallest absolute Gasteiger partial charge is 0.338 e. The van der Waals surface area contributed by atoms with E-state index in [0.717, 1.165) is 43.9 Å². The second kappa shape index (κ2) is 7.73. The average molecular weight is 347 g/mol. The summed E-state index contributed by atoms with van der Waals surface area (Å²) in [6, 6.07) is 2.25. The fraction of sp³-hybridized carbons (Fsp3) is 0.438. The second-order valence-electron chi connectivity index (χ2n) is 5.43. The van der Waals surface area contributed by atoms with Gasteiger partial charge in [-0.2, -0.15) is 13.2 Å². The molecule has 23 heavy (non-hydrogen) atoms. The molecule has 1 aromatic carbocycles. The third kappa shape index (κ3) is 5.46. The molecule has 0 fully saturated rings. The number of rotatable bonds is 4. The van der Waals surface area contributed by atoms with E-state index in [9.17, 15) is 18.0 Å². The number of amides is 2. The number of anilines is 1. The Morgan fingerprint density at radius 3 is 2.70 bits per heavy atom. The first-order valence-electron chi connectivity index (χ1n) is 7.46. The highest BCUT2D eigenvalue weighted by molar-refractivity contribution is 6.33. The maximum Gasteiger partial charge on any atom is 0.416 e. The van der Waals surface area contributed by atoms with Crippen molar-refractivity contribution in [3.05, 3.63) is 40.4 Å². The van der Waals surface area contributed by atoms with Crippen molar-refractivity contribution in [1.82, 2.24) is 5.32 Å². The maximum atomic E-state index is 12.7. The third-order valence-corrected chi connectivity index (χ3v) is 3.99. The molecule has 0 bridgehead atoms. The first-order chi connectivity index (χ1) is 10.9. The number of carbonyl (C=O) groups is 1. The van der Waals surface area contributed by atoms with E-state index in [2.05, 4.69) is 16.7 Å². The summed E-state index contributed by atoms with van der Waals surface area (Å²) in [6.07, 6.45) is 2.94. The molecule has 7 heteroatoms. The minimum absolute atomic E-state index is 0.0585. The highest BCUT2D eigenvalue weighted by Crippen LogP contribution is 2.33. The Kier molecular flexibility index (Phi) is 5.93. The second-order valence-corrected chi connectivity index (χ2v) is 5.84. The van der Waals surface area contributed by atoms with Crippen LogP contribution in [0.5, 0.6) is 0 Å². The Hall–Kier alpha value is -1.69. The molecule has 3 nitrogen and oxygen atoms in total. The van der Waals surface area contributed by atoms with E-state index in [1.807, 2.05) is 0 Å². The number of alkyl halides is 3. The molecule has 2 amide bonds. The van der Waals surface area contributed by atoms with E-state index in [-0.39, 0.29) is 10.7 Å². The van der Waals surface area contributed by atoms with Gasteiger partial charge in [-0.3, -0.25) is 0 Å². The summed E-state index contributed by atoms with van der Waals surface area (Å²) >= 11 is 5.83. The number of benzene rings is 1. The molecule has 0 saturated carbocycles. The van der Waals surface area contributed by atoms with E-state index in [1.54, 1.807) is 0 Å². The number of urea groups is 1. The lowest BCUT2D eigenvalue weighted by Crippen LogP contribution is -2.30. The lowest BCUT2D eigenvalue weighted by molar-refractivity contribution is -0.137. The number of halogens is 4. The number of hydrogen-bond donors (Lipinski definition) is 2. The van der Waals surface area contributed by atoms with Gasteiger partial charge in [-0.05, 0) is 50.3 Å². The van der Waals surface area contributed by atoms with Crippen LogP contribution in [0.1, 0.15) is 37.7 Å². The lowest BCUT2D eigenvalue weighted by atomic mass is 9.97. The highest BCUT2D eigenvalue weighted by Gasteiger charge is 2.31. The molecule has 0 unspecified atom stereocenters. The van der Waals surface area contributed by atoms with Gasteiger partial charge >= 0.3 is 12.2 Å². The van der Waals surface area contributed by atoms with Crippen LogP contribution in [-0.4, -0.2) is 12.6 Å². The average Bonchev–Trinajstić information content (AvgIpc) is 2.49. The van der Waals surface area contributed by atoms with Gasteiger partial charge in [0.25, 0.3) is 0 Å². The summed E-state index contributed by atoms with van der Waals surface area (Å²) < 4.78 is 38.0. The monoisotopic (exact) mass is 346 g/mol. The van der Waals surface area contributed by atoms with Gasteiger partial charge in [0, 0.05) is 6.54 Å². The van der Waals surface area contributed by atoms with Crippen LogP contribution in [0, 0.1) is 0 Å². The van der Waals surface area contributed by atoms with Gasteiger partial charge < -0.3 is 10.6 Å². The molecule has 126 valence electrons. The van der Waals surface area contributed by atoms with Gasteiger partial charge in [0.05, 0.1) is 16.3 Å². The predicted molar refractivity (Wildman–Crippen MR) is 84.6 cm³/mol. The van der Waals surface area contributed by atoms with E-state index in [4.69, 9.17) is 11.6 Å². The van der Waals surface area contributed by atoms with E-state index in [0.29, 0.717) is 6.54 Å². The SMILES string of the molecule is O=C(NCCC1=CCCCC1)Nc1cc(C(F)(F)F)ccc1Cl. The molecule has 2 rings (SSSR count). The minimum Gasteiger partial charge on any atom is -0.338 e. The number of nitrogens with one attached hydrogen (secondary N) is 2. The van der Waals surface area contributed by atoms with Gasteiger partial charge in [0.1, 0.15) is 0 Å². The van der Waals surface area contributed by atoms with Gasteiger partial charge in [0.15, 0.2) is 0 Å². The fourth-order valence-corrected chi connectivity index (χ4v) is 2.60. The lowest BCUT2D eigenvalue weighted by Gasteiger charge is -2.14. The maximum absolute atomic E-state index is 12.7. The number of allylic oxidation sites excluding steroid dienone is 1. The summed E-state index contributed by atoms with van der Waals surface area (Å²) in [4.78, 5) is 11.8. The van der Waals surface area contributed by atoms with Crippen LogP contribution >= 0.6 is 11.6 Å². The molecule has 0 radical (unpaired) electrons. The van der Waals surface area contributed by atoms with Crippen molar-refractivity contribution in [2.24, 2.45) is 0 Å². The summed E-state index contributed by atoms with van der Waals surface area (Å²) in [7, 11) is 0. The molecule has 2 N–H and O–H groups in total. The zero-order valence-corrected chi connectivity index (χ0v) is 13.2. The van der Waals surface area contributed by atoms with Crippen LogP contribution in [0.25, 0.3) is 0 Å². The zero-order chi connectivity index (χ0) is 16.9. The summed E-state index contributed by atoms with van der Waals surface area (Å²) in [5.41, 5.74) is 0.397. The van der Waals surface area contributed by atoms with E-state index in [1.165, 1.54) is 12.0 Å². The van der Waals surface area contributed by atoms with Gasteiger partial charge in [-0.15, -0.1) is 0 Å². The van der Waals surface area contributed by atoms with Crippen LogP contribution < -0.4 is 10.6 Å². The Morgan fingerprint density at radius 1 is 1.26 bits per heavy atom. The van der Waals surface area contributed by atoms with Crippen molar-refractivity contribution in [2.75, 3.05) is 11.9 Å². The molecular formula is C16H18ClF3N2O. The van der Waals surface area contributed by atoms with Crippen molar-refractivity contribution in [3.63, 3.8) is 0 Å². The largest absolute Gasteiger partial charge is 0.416 e. The summed E-state index contributed by atoms with van der Waals surface area (Å²) in [5.74, 6) is 0. The predicted octanol–water partition coefficient (Wildman–Crippen LogP) is 5.37. The first kappa shape index (κ1) is 17.7. The highest BCUT2D eigenvalue weighted by atomic mass is 35.5. The molecule has 0 aliphatic heterocycles. The molecule has 0 heterocycles. The first-order valence-corrected chi connectivity index (χ1v) is 7.83. The van der Waals surface area contributed by atoms with Crippen LogP contribution in [0.15, 0.2) is 29.8 Å². The van der Waals surface area contributed by atoms with Crippen LogP contribution in [0.4, 0.5) is 23.7 Å². The standard InChI is InChI=1S/C16H18ClF3N2O/c17-13-7-6-12(16(18,19)20)10-14(13)22-15(23)21-9-8-11-4-2-1-3-5-11/h4,6-7,10H,1-3,5,8-9H2,(H2,21,22,23). The molecular weight excluding hydrogens is 329 g/mol.